The summed E-state index contributed by atoms with van der Waals surface area (Å²) in [6.07, 6.45) is 11.1. The van der Waals surface area contributed by atoms with Gasteiger partial charge >= 0.3 is 0 Å². The fraction of sp³-hybridized carbons (Fsp3) is 0.588. The molecule has 0 aromatic carbocycles. The van der Waals surface area contributed by atoms with Crippen LogP contribution >= 0.6 is 0 Å². The first kappa shape index (κ1) is 14.4. The van der Waals surface area contributed by atoms with Crippen LogP contribution in [0.3, 0.4) is 0 Å². The molecule has 1 aliphatic carbocycles. The first-order chi connectivity index (χ1) is 10.4. The van der Waals surface area contributed by atoms with Crippen LogP contribution < -0.4 is 5.32 Å². The molecule has 0 radical (unpaired) electrons. The van der Waals surface area contributed by atoms with Crippen molar-refractivity contribution in [1.29, 1.82) is 0 Å². The Morgan fingerprint density at radius 2 is 2.24 bits per heavy atom. The third-order valence-electron chi connectivity index (χ3n) is 4.30. The molecule has 1 N–H and O–H groups in total. The van der Waals surface area contributed by atoms with E-state index in [1.165, 1.54) is 25.7 Å². The van der Waals surface area contributed by atoms with E-state index in [9.17, 15) is 0 Å². The van der Waals surface area contributed by atoms with Gasteiger partial charge in [-0.05, 0) is 44.0 Å². The molecule has 3 rings (SSSR count). The minimum atomic E-state index is 0.215. The van der Waals surface area contributed by atoms with Gasteiger partial charge in [-0.25, -0.2) is 0 Å². The highest BCUT2D eigenvalue weighted by Gasteiger charge is 2.19. The first-order valence-corrected chi connectivity index (χ1v) is 8.17. The van der Waals surface area contributed by atoms with Crippen molar-refractivity contribution in [2.45, 2.75) is 57.5 Å². The number of nitrogens with one attached hydrogen (secondary N) is 1. The topological polar surface area (TPSA) is 43.0 Å². The van der Waals surface area contributed by atoms with Crippen molar-refractivity contribution in [3.63, 3.8) is 0 Å². The summed E-state index contributed by atoms with van der Waals surface area (Å²) in [5.74, 6) is 0.999. The predicted octanol–water partition coefficient (Wildman–Crippen LogP) is 3.87. The molecule has 2 aromatic rings. The van der Waals surface area contributed by atoms with Crippen LogP contribution in [-0.4, -0.2) is 16.3 Å². The summed E-state index contributed by atoms with van der Waals surface area (Å²) < 4.78 is 7.74. The summed E-state index contributed by atoms with van der Waals surface area (Å²) in [4.78, 5) is 0. The lowest BCUT2D eigenvalue weighted by molar-refractivity contribution is 0.404. The minimum Gasteiger partial charge on any atom is -0.468 e. The zero-order valence-electron chi connectivity index (χ0n) is 12.8. The highest BCUT2D eigenvalue weighted by molar-refractivity contribution is 5.10. The average Bonchev–Trinajstić information content (AvgIpc) is 3.24. The third-order valence-corrected chi connectivity index (χ3v) is 4.30. The molecule has 0 saturated heterocycles. The Bertz CT molecular complexity index is 526. The maximum atomic E-state index is 5.57. The van der Waals surface area contributed by atoms with Crippen LogP contribution in [0.15, 0.2) is 35.1 Å². The molecule has 0 bridgehead atoms. The Balaban J connectivity index is 1.67. The summed E-state index contributed by atoms with van der Waals surface area (Å²) in [5, 5.41) is 8.34. The molecule has 4 heteroatoms. The van der Waals surface area contributed by atoms with Crippen molar-refractivity contribution in [1.82, 2.24) is 15.1 Å². The highest BCUT2D eigenvalue weighted by Crippen LogP contribution is 2.29. The largest absolute Gasteiger partial charge is 0.468 e. The van der Waals surface area contributed by atoms with Crippen LogP contribution in [0.25, 0.3) is 0 Å². The molecule has 1 saturated carbocycles. The van der Waals surface area contributed by atoms with Gasteiger partial charge in [0.25, 0.3) is 0 Å². The minimum absolute atomic E-state index is 0.215. The van der Waals surface area contributed by atoms with E-state index < -0.39 is 0 Å². The van der Waals surface area contributed by atoms with Gasteiger partial charge in [0, 0.05) is 12.6 Å². The van der Waals surface area contributed by atoms with E-state index in [1.807, 2.05) is 12.1 Å². The Morgan fingerprint density at radius 3 is 2.95 bits per heavy atom. The van der Waals surface area contributed by atoms with Gasteiger partial charge in [-0.3, -0.25) is 4.68 Å². The maximum Gasteiger partial charge on any atom is 0.121 e. The van der Waals surface area contributed by atoms with Crippen LogP contribution in [0.5, 0.6) is 0 Å². The molecule has 114 valence electrons. The van der Waals surface area contributed by atoms with Gasteiger partial charge in [0.1, 0.15) is 5.76 Å². The summed E-state index contributed by atoms with van der Waals surface area (Å²) >= 11 is 0. The van der Waals surface area contributed by atoms with Crippen molar-refractivity contribution >= 4 is 0 Å². The van der Waals surface area contributed by atoms with Crippen LogP contribution in [0.4, 0.5) is 0 Å². The Hall–Kier alpha value is -1.55. The predicted molar refractivity (Wildman–Crippen MR) is 83.2 cm³/mol. The van der Waals surface area contributed by atoms with E-state index in [2.05, 4.69) is 29.2 Å². The molecule has 1 fully saturated rings. The molecule has 2 heterocycles. The van der Waals surface area contributed by atoms with Gasteiger partial charge in [0.05, 0.1) is 24.0 Å². The van der Waals surface area contributed by atoms with Crippen molar-refractivity contribution in [2.24, 2.45) is 0 Å². The van der Waals surface area contributed by atoms with E-state index in [0.29, 0.717) is 6.04 Å². The normalized spacial score (nSPS) is 17.4. The van der Waals surface area contributed by atoms with Gasteiger partial charge in [-0.1, -0.05) is 19.8 Å². The molecule has 0 amide bonds. The molecule has 21 heavy (non-hydrogen) atoms. The third kappa shape index (κ3) is 3.56. The lowest BCUT2D eigenvalue weighted by atomic mass is 10.1. The smallest absolute Gasteiger partial charge is 0.121 e. The molecular weight excluding hydrogens is 262 g/mol. The van der Waals surface area contributed by atoms with Gasteiger partial charge in [-0.2, -0.15) is 5.10 Å². The van der Waals surface area contributed by atoms with Crippen molar-refractivity contribution < 1.29 is 4.42 Å². The van der Waals surface area contributed by atoms with Gasteiger partial charge in [-0.15, -0.1) is 0 Å². The van der Waals surface area contributed by atoms with Crippen molar-refractivity contribution in [3.8, 4) is 0 Å². The van der Waals surface area contributed by atoms with E-state index >= 15 is 0 Å². The Morgan fingerprint density at radius 1 is 1.38 bits per heavy atom. The summed E-state index contributed by atoms with van der Waals surface area (Å²) in [5.41, 5.74) is 1.15. The molecule has 0 spiro atoms. The number of furan rings is 1. The average molecular weight is 287 g/mol. The van der Waals surface area contributed by atoms with Gasteiger partial charge in [0.2, 0.25) is 0 Å². The second kappa shape index (κ2) is 6.94. The lowest BCUT2D eigenvalue weighted by Crippen LogP contribution is -2.24. The molecule has 1 unspecified atom stereocenters. The fourth-order valence-electron chi connectivity index (χ4n) is 3.15. The fourth-order valence-corrected chi connectivity index (χ4v) is 3.15. The van der Waals surface area contributed by atoms with E-state index in [-0.39, 0.29) is 6.04 Å². The van der Waals surface area contributed by atoms with Crippen LogP contribution in [-0.2, 0) is 6.42 Å². The Labute approximate surface area is 126 Å². The van der Waals surface area contributed by atoms with Crippen LogP contribution in [0.2, 0.25) is 0 Å². The number of rotatable bonds is 7. The van der Waals surface area contributed by atoms with E-state index in [4.69, 9.17) is 9.52 Å². The Kier molecular flexibility index (Phi) is 4.76. The second-order valence-electron chi connectivity index (χ2n) is 5.95. The highest BCUT2D eigenvalue weighted by atomic mass is 16.3. The quantitative estimate of drug-likeness (QED) is 0.840. The van der Waals surface area contributed by atoms with Crippen LogP contribution in [0.1, 0.15) is 62.6 Å². The molecule has 1 atom stereocenters. The van der Waals surface area contributed by atoms with E-state index in [1.54, 1.807) is 6.26 Å². The summed E-state index contributed by atoms with van der Waals surface area (Å²) in [6.45, 7) is 3.18. The molecule has 0 aliphatic heterocycles. The molecular formula is C17H25N3O. The first-order valence-electron chi connectivity index (χ1n) is 8.17. The van der Waals surface area contributed by atoms with Crippen molar-refractivity contribution in [3.05, 3.63) is 42.1 Å². The number of hydrogen-bond donors (Lipinski definition) is 1. The summed E-state index contributed by atoms with van der Waals surface area (Å²) in [6, 6.07) is 6.98. The lowest BCUT2D eigenvalue weighted by Gasteiger charge is -2.15. The maximum absolute atomic E-state index is 5.57. The molecule has 1 aliphatic rings. The SMILES string of the molecule is CCCNC(Cc1ccn(C2CCCC2)n1)c1ccco1. The zero-order chi connectivity index (χ0) is 14.5. The second-order valence-corrected chi connectivity index (χ2v) is 5.95. The monoisotopic (exact) mass is 287 g/mol. The van der Waals surface area contributed by atoms with Crippen LogP contribution in [0, 0.1) is 0 Å². The number of aromatic nitrogens is 2. The van der Waals surface area contributed by atoms with Gasteiger partial charge in [0.15, 0.2) is 0 Å². The number of nitrogens with zero attached hydrogens (tertiary/aromatic N) is 2. The summed E-state index contributed by atoms with van der Waals surface area (Å²) in [7, 11) is 0. The molecule has 2 aromatic heterocycles. The standard InChI is InChI=1S/C17H25N3O/c1-2-10-18-16(17-8-5-12-21-17)13-14-9-11-20(19-14)15-6-3-4-7-15/h5,8-9,11-12,15-16,18H,2-4,6-7,10,13H2,1H3. The molecule has 4 nitrogen and oxygen atoms in total. The van der Waals surface area contributed by atoms with Gasteiger partial charge < -0.3 is 9.73 Å². The number of hydrogen-bond acceptors (Lipinski definition) is 3. The van der Waals surface area contributed by atoms with E-state index in [0.717, 1.165) is 30.8 Å². The zero-order valence-corrected chi connectivity index (χ0v) is 12.8. The van der Waals surface area contributed by atoms with Crippen molar-refractivity contribution in [2.75, 3.05) is 6.54 Å².